The van der Waals surface area contributed by atoms with Crippen molar-refractivity contribution in [3.63, 3.8) is 0 Å². The van der Waals surface area contributed by atoms with Gasteiger partial charge in [-0.3, -0.25) is 0 Å². The lowest BCUT2D eigenvalue weighted by molar-refractivity contribution is 0.507. The summed E-state index contributed by atoms with van der Waals surface area (Å²) in [5.41, 5.74) is 0.560. The van der Waals surface area contributed by atoms with E-state index in [0.717, 1.165) is 18.4 Å². The first kappa shape index (κ1) is 13.6. The summed E-state index contributed by atoms with van der Waals surface area (Å²) in [7, 11) is -3.08. The van der Waals surface area contributed by atoms with E-state index < -0.39 is 21.5 Å². The van der Waals surface area contributed by atoms with Crippen molar-refractivity contribution in [3.8, 4) is 0 Å². The molecule has 2 nitrogen and oxygen atoms in total. The lowest BCUT2D eigenvalue weighted by atomic mass is 10.1. The van der Waals surface area contributed by atoms with E-state index in [0.29, 0.717) is 12.0 Å². The Morgan fingerprint density at radius 3 is 2.44 bits per heavy atom. The Morgan fingerprint density at radius 2 is 1.94 bits per heavy atom. The summed E-state index contributed by atoms with van der Waals surface area (Å²) in [6, 6.07) is 3.55. The fraction of sp³-hybridized carbons (Fsp3) is 0.400. The third kappa shape index (κ3) is 4.57. The van der Waals surface area contributed by atoms with Gasteiger partial charge in [-0.05, 0) is 24.1 Å². The van der Waals surface area contributed by atoms with Crippen molar-refractivity contribution in [1.29, 1.82) is 0 Å². The van der Waals surface area contributed by atoms with E-state index in [1.807, 2.05) is 0 Å². The van der Waals surface area contributed by atoms with Gasteiger partial charge in [0.2, 0.25) is 0 Å². The highest BCUT2D eigenvalue weighted by atomic mass is 79.9. The number of rotatable bonds is 4. The van der Waals surface area contributed by atoms with Gasteiger partial charge in [0.1, 0.15) is 9.84 Å². The minimum atomic E-state index is -3.08. The fourth-order valence-electron chi connectivity index (χ4n) is 1.31. The highest BCUT2D eigenvalue weighted by Crippen LogP contribution is 2.15. The number of halogens is 3. The van der Waals surface area contributed by atoms with Crippen LogP contribution in [0.1, 0.15) is 5.56 Å². The maximum Gasteiger partial charge on any atom is 0.159 e. The van der Waals surface area contributed by atoms with Crippen molar-refractivity contribution in [1.82, 2.24) is 0 Å². The highest BCUT2D eigenvalue weighted by Gasteiger charge is 2.13. The van der Waals surface area contributed by atoms with Crippen LogP contribution in [0.25, 0.3) is 0 Å². The van der Waals surface area contributed by atoms with Gasteiger partial charge >= 0.3 is 0 Å². The molecular weight excluding hydrogens is 302 g/mol. The largest absolute Gasteiger partial charge is 0.229 e. The Bertz CT molecular complexity index is 474. The molecule has 1 aromatic rings. The van der Waals surface area contributed by atoms with Gasteiger partial charge in [-0.1, -0.05) is 22.0 Å². The van der Waals surface area contributed by atoms with Crippen molar-refractivity contribution >= 4 is 25.8 Å². The van der Waals surface area contributed by atoms with Crippen LogP contribution in [0.15, 0.2) is 18.2 Å². The molecule has 6 heteroatoms. The molecule has 0 heterocycles. The zero-order chi connectivity index (χ0) is 12.3. The van der Waals surface area contributed by atoms with Gasteiger partial charge < -0.3 is 0 Å². The standard InChI is InChI=1S/C10H11BrF2O2S/c1-16(14,15)6-8(11)4-7-2-3-9(12)10(13)5-7/h2-3,5,8H,4,6H2,1H3. The van der Waals surface area contributed by atoms with Crippen LogP contribution in [0.5, 0.6) is 0 Å². The van der Waals surface area contributed by atoms with E-state index in [2.05, 4.69) is 15.9 Å². The molecule has 1 atom stereocenters. The van der Waals surface area contributed by atoms with Crippen molar-refractivity contribution < 1.29 is 17.2 Å². The SMILES string of the molecule is CS(=O)(=O)CC(Br)Cc1ccc(F)c(F)c1. The van der Waals surface area contributed by atoms with Crippen molar-refractivity contribution in [2.75, 3.05) is 12.0 Å². The summed E-state index contributed by atoms with van der Waals surface area (Å²) in [6.07, 6.45) is 1.47. The first-order chi connectivity index (χ1) is 7.28. The Balaban J connectivity index is 2.70. The van der Waals surface area contributed by atoms with Crippen LogP contribution in [0.4, 0.5) is 8.78 Å². The van der Waals surface area contributed by atoms with Crippen LogP contribution < -0.4 is 0 Å². The molecule has 0 aliphatic heterocycles. The van der Waals surface area contributed by atoms with E-state index in [-0.39, 0.29) is 10.6 Å². The lowest BCUT2D eigenvalue weighted by Gasteiger charge is -2.08. The normalized spacial score (nSPS) is 13.8. The number of benzene rings is 1. The molecule has 0 aliphatic rings. The van der Waals surface area contributed by atoms with Crippen LogP contribution >= 0.6 is 15.9 Å². The molecule has 0 aromatic heterocycles. The minimum absolute atomic E-state index is 0.0357. The van der Waals surface area contributed by atoms with E-state index in [4.69, 9.17) is 0 Å². The van der Waals surface area contributed by atoms with Gasteiger partial charge in [-0.25, -0.2) is 17.2 Å². The summed E-state index contributed by atoms with van der Waals surface area (Å²) in [5, 5.41) is 0. The summed E-state index contributed by atoms with van der Waals surface area (Å²) < 4.78 is 47.5. The van der Waals surface area contributed by atoms with Gasteiger partial charge in [0.15, 0.2) is 11.6 Å². The molecule has 0 bridgehead atoms. The van der Waals surface area contributed by atoms with Crippen LogP contribution in [-0.2, 0) is 16.3 Å². The molecule has 0 amide bonds. The summed E-state index contributed by atoms with van der Waals surface area (Å²) in [4.78, 5) is -0.299. The van der Waals surface area contributed by atoms with Gasteiger partial charge in [0.25, 0.3) is 0 Å². The predicted octanol–water partition coefficient (Wildman–Crippen LogP) is 2.32. The second-order valence-electron chi connectivity index (χ2n) is 3.64. The average Bonchev–Trinajstić information content (AvgIpc) is 2.08. The average molecular weight is 313 g/mol. The lowest BCUT2D eigenvalue weighted by Crippen LogP contribution is -2.16. The molecule has 0 spiro atoms. The van der Waals surface area contributed by atoms with Crippen molar-refractivity contribution in [2.24, 2.45) is 0 Å². The minimum Gasteiger partial charge on any atom is -0.229 e. The molecule has 0 saturated carbocycles. The van der Waals surface area contributed by atoms with Crippen LogP contribution in [0.2, 0.25) is 0 Å². The molecule has 90 valence electrons. The Kier molecular flexibility index (Phi) is 4.43. The summed E-state index contributed by atoms with van der Waals surface area (Å²) in [6.45, 7) is 0. The zero-order valence-corrected chi connectivity index (χ0v) is 11.0. The van der Waals surface area contributed by atoms with E-state index in [1.54, 1.807) is 0 Å². The van der Waals surface area contributed by atoms with E-state index in [1.165, 1.54) is 6.07 Å². The summed E-state index contributed by atoms with van der Waals surface area (Å²) in [5.74, 6) is -1.86. The maximum absolute atomic E-state index is 12.9. The molecule has 0 N–H and O–H groups in total. The van der Waals surface area contributed by atoms with Gasteiger partial charge in [-0.15, -0.1) is 0 Å². The Morgan fingerprint density at radius 1 is 1.31 bits per heavy atom. The third-order valence-corrected chi connectivity index (χ3v) is 4.01. The van der Waals surface area contributed by atoms with Crippen molar-refractivity contribution in [2.45, 2.75) is 11.2 Å². The van der Waals surface area contributed by atoms with Crippen molar-refractivity contribution in [3.05, 3.63) is 35.4 Å². The number of hydrogen-bond donors (Lipinski definition) is 0. The van der Waals surface area contributed by atoms with Crippen LogP contribution in [-0.4, -0.2) is 25.3 Å². The predicted molar refractivity (Wildman–Crippen MR) is 62.5 cm³/mol. The second kappa shape index (κ2) is 5.23. The van der Waals surface area contributed by atoms with Crippen LogP contribution in [0.3, 0.4) is 0 Å². The summed E-state index contributed by atoms with van der Waals surface area (Å²) >= 11 is 3.20. The zero-order valence-electron chi connectivity index (χ0n) is 8.58. The molecule has 0 fully saturated rings. The second-order valence-corrected chi connectivity index (χ2v) is 7.12. The number of hydrogen-bond acceptors (Lipinski definition) is 2. The molecule has 16 heavy (non-hydrogen) atoms. The topological polar surface area (TPSA) is 34.1 Å². The van der Waals surface area contributed by atoms with Gasteiger partial charge in [0, 0.05) is 11.1 Å². The third-order valence-electron chi connectivity index (χ3n) is 1.92. The first-order valence-electron chi connectivity index (χ1n) is 4.53. The number of alkyl halides is 1. The molecule has 0 radical (unpaired) electrons. The van der Waals surface area contributed by atoms with E-state index in [9.17, 15) is 17.2 Å². The fourth-order valence-corrected chi connectivity index (χ4v) is 3.90. The monoisotopic (exact) mass is 312 g/mol. The Labute approximate surface area is 102 Å². The Hall–Kier alpha value is -0.490. The van der Waals surface area contributed by atoms with E-state index >= 15 is 0 Å². The van der Waals surface area contributed by atoms with Crippen LogP contribution in [0, 0.1) is 11.6 Å². The van der Waals surface area contributed by atoms with Gasteiger partial charge in [-0.2, -0.15) is 0 Å². The molecule has 0 saturated heterocycles. The molecule has 1 unspecified atom stereocenters. The molecule has 0 aliphatic carbocycles. The first-order valence-corrected chi connectivity index (χ1v) is 7.51. The maximum atomic E-state index is 12.9. The smallest absolute Gasteiger partial charge is 0.159 e. The number of sulfone groups is 1. The molecular formula is C10H11BrF2O2S. The van der Waals surface area contributed by atoms with Gasteiger partial charge in [0.05, 0.1) is 5.75 Å². The quantitative estimate of drug-likeness (QED) is 0.800. The molecule has 1 rings (SSSR count). The highest BCUT2D eigenvalue weighted by molar-refractivity contribution is 9.09. The molecule has 1 aromatic carbocycles.